The van der Waals surface area contributed by atoms with Gasteiger partial charge in [0.25, 0.3) is 5.19 Å². The molecule has 0 radical (unpaired) electrons. The van der Waals surface area contributed by atoms with Crippen LogP contribution in [0.4, 0.5) is 0 Å². The fourth-order valence-electron chi connectivity index (χ4n) is 1.37. The van der Waals surface area contributed by atoms with Gasteiger partial charge in [0.2, 0.25) is 0 Å². The first-order valence-corrected chi connectivity index (χ1v) is 6.46. The normalized spacial score (nSPS) is 10.3. The number of esters is 1. The van der Waals surface area contributed by atoms with Crippen LogP contribution in [0.2, 0.25) is 5.15 Å². The third kappa shape index (κ3) is 3.04. The van der Waals surface area contributed by atoms with Gasteiger partial charge in [0.15, 0.2) is 10.0 Å². The first kappa shape index (κ1) is 13.8. The number of methoxy groups -OCH3 is 1. The fraction of sp³-hybridized carbons (Fsp3) is 0.167. The molecule has 2 aromatic rings. The largest absolute Gasteiger partial charge is 0.465 e. The van der Waals surface area contributed by atoms with E-state index in [0.717, 1.165) is 11.3 Å². The van der Waals surface area contributed by atoms with Gasteiger partial charge in [0.05, 0.1) is 13.7 Å². The summed E-state index contributed by atoms with van der Waals surface area (Å²) in [7, 11) is 1.26. The average molecular weight is 300 g/mol. The predicted octanol–water partition coefficient (Wildman–Crippen LogP) is 2.87. The van der Waals surface area contributed by atoms with Crippen molar-refractivity contribution >= 4 is 28.9 Å². The van der Waals surface area contributed by atoms with Crippen LogP contribution in [0.5, 0.6) is 10.9 Å². The van der Waals surface area contributed by atoms with Crippen LogP contribution in [0.3, 0.4) is 0 Å². The van der Waals surface area contributed by atoms with Crippen molar-refractivity contribution in [3.63, 3.8) is 0 Å². The summed E-state index contributed by atoms with van der Waals surface area (Å²) in [5.41, 5.74) is 0.619. The van der Waals surface area contributed by atoms with Crippen molar-refractivity contribution in [2.75, 3.05) is 7.11 Å². The average Bonchev–Trinajstić information content (AvgIpc) is 2.79. The molecule has 0 spiro atoms. The smallest absolute Gasteiger partial charge is 0.351 e. The Morgan fingerprint density at radius 1 is 1.47 bits per heavy atom. The molecule has 0 saturated carbocycles. The number of hydrogen-bond donors (Lipinski definition) is 1. The number of thiazole rings is 1. The van der Waals surface area contributed by atoms with Gasteiger partial charge >= 0.3 is 5.97 Å². The first-order valence-electron chi connectivity index (χ1n) is 5.27. The Hall–Kier alpha value is -1.63. The van der Waals surface area contributed by atoms with Crippen molar-refractivity contribution in [2.45, 2.75) is 6.61 Å². The molecule has 0 bridgehead atoms. The van der Waals surface area contributed by atoms with E-state index in [0.29, 0.717) is 11.3 Å². The van der Waals surface area contributed by atoms with Gasteiger partial charge in [-0.25, -0.2) is 4.79 Å². The minimum absolute atomic E-state index is 0.0355. The first-order chi connectivity index (χ1) is 9.15. The zero-order valence-corrected chi connectivity index (χ0v) is 11.5. The Morgan fingerprint density at radius 3 is 2.89 bits per heavy atom. The van der Waals surface area contributed by atoms with Crippen molar-refractivity contribution in [1.82, 2.24) is 4.98 Å². The van der Waals surface area contributed by atoms with E-state index in [1.807, 2.05) is 0 Å². The van der Waals surface area contributed by atoms with Crippen LogP contribution in [0.15, 0.2) is 24.3 Å². The molecule has 19 heavy (non-hydrogen) atoms. The molecule has 0 aliphatic rings. The summed E-state index contributed by atoms with van der Waals surface area (Å²) in [6, 6.07) is 6.97. The summed E-state index contributed by atoms with van der Waals surface area (Å²) < 4.78 is 10.1. The van der Waals surface area contributed by atoms with Crippen molar-refractivity contribution in [3.05, 3.63) is 39.9 Å². The molecule has 5 nitrogen and oxygen atoms in total. The number of carbonyl (C=O) groups excluding carboxylic acids is 1. The molecule has 0 saturated heterocycles. The summed E-state index contributed by atoms with van der Waals surface area (Å²) in [6.07, 6.45) is 0. The summed E-state index contributed by atoms with van der Waals surface area (Å²) >= 11 is 6.81. The third-order valence-electron chi connectivity index (χ3n) is 2.28. The number of halogens is 1. The van der Waals surface area contributed by atoms with Crippen molar-refractivity contribution in [1.29, 1.82) is 0 Å². The van der Waals surface area contributed by atoms with Gasteiger partial charge in [-0.05, 0) is 6.07 Å². The molecular formula is C12H10ClNO4S. The van der Waals surface area contributed by atoms with Gasteiger partial charge in [0.1, 0.15) is 5.75 Å². The number of aromatic nitrogens is 1. The van der Waals surface area contributed by atoms with E-state index >= 15 is 0 Å². The Kier molecular flexibility index (Phi) is 4.36. The lowest BCUT2D eigenvalue weighted by molar-refractivity contribution is 0.0606. The number of ether oxygens (including phenoxy) is 2. The highest BCUT2D eigenvalue weighted by Crippen LogP contribution is 2.33. The van der Waals surface area contributed by atoms with Crippen LogP contribution in [0.1, 0.15) is 15.2 Å². The van der Waals surface area contributed by atoms with Crippen LogP contribution < -0.4 is 4.74 Å². The zero-order chi connectivity index (χ0) is 13.8. The fourth-order valence-corrected chi connectivity index (χ4v) is 2.43. The van der Waals surface area contributed by atoms with E-state index in [2.05, 4.69) is 9.72 Å². The summed E-state index contributed by atoms with van der Waals surface area (Å²) in [4.78, 5) is 15.5. The molecule has 1 N–H and O–H groups in total. The lowest BCUT2D eigenvalue weighted by Crippen LogP contribution is -1.98. The van der Waals surface area contributed by atoms with Crippen LogP contribution in [-0.4, -0.2) is 23.2 Å². The van der Waals surface area contributed by atoms with E-state index in [1.54, 1.807) is 24.3 Å². The minimum Gasteiger partial charge on any atom is -0.465 e. The molecule has 0 amide bonds. The predicted molar refractivity (Wildman–Crippen MR) is 70.9 cm³/mol. The monoisotopic (exact) mass is 299 g/mol. The Morgan fingerprint density at radius 2 is 2.21 bits per heavy atom. The second kappa shape index (κ2) is 6.01. The molecule has 7 heteroatoms. The molecule has 2 rings (SSSR count). The Labute approximate surface area is 118 Å². The van der Waals surface area contributed by atoms with E-state index < -0.39 is 5.97 Å². The van der Waals surface area contributed by atoms with E-state index in [-0.39, 0.29) is 21.8 Å². The van der Waals surface area contributed by atoms with E-state index in [4.69, 9.17) is 16.3 Å². The zero-order valence-electron chi connectivity index (χ0n) is 9.92. The number of hydrogen-bond acceptors (Lipinski definition) is 6. The lowest BCUT2D eigenvalue weighted by Gasteiger charge is -2.05. The van der Waals surface area contributed by atoms with Crippen LogP contribution in [0, 0.1) is 0 Å². The highest BCUT2D eigenvalue weighted by Gasteiger charge is 2.19. The van der Waals surface area contributed by atoms with Gasteiger partial charge in [-0.3, -0.25) is 0 Å². The topological polar surface area (TPSA) is 68.7 Å². The maximum absolute atomic E-state index is 11.4. The second-order valence-electron chi connectivity index (χ2n) is 3.46. The maximum Gasteiger partial charge on any atom is 0.351 e. The Balaban J connectivity index is 2.27. The number of benzene rings is 1. The van der Waals surface area contributed by atoms with E-state index in [9.17, 15) is 9.90 Å². The standard InChI is InChI=1S/C12H10ClNO4S/c1-17-11(16)9-10(13)14-12(19-9)18-8-5-3-2-4-7(8)6-15/h2-5,15H,6H2,1H3. The Bertz CT molecular complexity index is 599. The number of rotatable bonds is 4. The molecule has 1 heterocycles. The molecule has 0 fully saturated rings. The molecule has 0 atom stereocenters. The quantitative estimate of drug-likeness (QED) is 0.879. The van der Waals surface area contributed by atoms with Crippen molar-refractivity contribution < 1.29 is 19.4 Å². The molecule has 0 aliphatic carbocycles. The van der Waals surface area contributed by atoms with Gasteiger partial charge < -0.3 is 14.6 Å². The van der Waals surface area contributed by atoms with Gasteiger partial charge in [-0.2, -0.15) is 4.98 Å². The molecule has 0 unspecified atom stereocenters. The van der Waals surface area contributed by atoms with Crippen LogP contribution >= 0.6 is 22.9 Å². The van der Waals surface area contributed by atoms with E-state index in [1.165, 1.54) is 7.11 Å². The molecule has 0 aliphatic heterocycles. The second-order valence-corrected chi connectivity index (χ2v) is 4.78. The number of nitrogens with zero attached hydrogens (tertiary/aromatic N) is 1. The minimum atomic E-state index is -0.562. The van der Waals surface area contributed by atoms with Crippen LogP contribution in [-0.2, 0) is 11.3 Å². The molecular weight excluding hydrogens is 290 g/mol. The number of para-hydroxylation sites is 1. The summed E-state index contributed by atoms with van der Waals surface area (Å²) in [6.45, 7) is -0.154. The lowest BCUT2D eigenvalue weighted by atomic mass is 10.2. The molecule has 1 aromatic heterocycles. The summed E-state index contributed by atoms with van der Waals surface area (Å²) in [5.74, 6) is -0.0976. The SMILES string of the molecule is COC(=O)c1sc(Oc2ccccc2CO)nc1Cl. The van der Waals surface area contributed by atoms with Crippen molar-refractivity contribution in [2.24, 2.45) is 0 Å². The maximum atomic E-state index is 11.4. The highest BCUT2D eigenvalue weighted by atomic mass is 35.5. The van der Waals surface area contributed by atoms with Gasteiger partial charge in [-0.15, -0.1) is 0 Å². The van der Waals surface area contributed by atoms with Crippen molar-refractivity contribution in [3.8, 4) is 10.9 Å². The molecule has 1 aromatic carbocycles. The van der Waals surface area contributed by atoms with Gasteiger partial charge in [-0.1, -0.05) is 41.1 Å². The van der Waals surface area contributed by atoms with Gasteiger partial charge in [0, 0.05) is 5.56 Å². The number of aliphatic hydroxyl groups excluding tert-OH is 1. The number of carbonyl (C=O) groups is 1. The highest BCUT2D eigenvalue weighted by molar-refractivity contribution is 7.15. The third-order valence-corrected chi connectivity index (χ3v) is 3.58. The number of aliphatic hydroxyl groups is 1. The molecule has 100 valence electrons. The summed E-state index contributed by atoms with van der Waals surface area (Å²) in [5, 5.41) is 9.44. The van der Waals surface area contributed by atoms with Crippen LogP contribution in [0.25, 0.3) is 0 Å².